The Kier molecular flexibility index (Phi) is 9.06. The van der Waals surface area contributed by atoms with Gasteiger partial charge in [-0.25, -0.2) is 0 Å². The van der Waals surface area contributed by atoms with Crippen LogP contribution >= 0.6 is 0 Å². The normalized spacial score (nSPS) is 10.0. The zero-order chi connectivity index (χ0) is 6.95. The van der Waals surface area contributed by atoms with E-state index < -0.39 is 0 Å². The summed E-state index contributed by atoms with van der Waals surface area (Å²) in [5.41, 5.74) is 0. The second-order valence-corrected chi connectivity index (χ2v) is 5.60. The molecule has 0 aromatic carbocycles. The van der Waals surface area contributed by atoms with Crippen LogP contribution < -0.4 is 0 Å². The molecule has 0 amide bonds. The van der Waals surface area contributed by atoms with Gasteiger partial charge in [0.05, 0.1) is 0 Å². The summed E-state index contributed by atoms with van der Waals surface area (Å²) in [5, 5.41) is 3.16. The molecule has 0 nitrogen and oxygen atoms in total. The van der Waals surface area contributed by atoms with Crippen molar-refractivity contribution in [2.24, 2.45) is 0 Å². The van der Waals surface area contributed by atoms with E-state index in [0.717, 1.165) is 0 Å². The summed E-state index contributed by atoms with van der Waals surface area (Å²) in [6, 6.07) is 0. The van der Waals surface area contributed by atoms with E-state index in [1.54, 1.807) is 10.5 Å². The first-order valence-electron chi connectivity index (χ1n) is 4.12. The third-order valence-corrected chi connectivity index (χ3v) is 4.38. The van der Waals surface area contributed by atoms with Gasteiger partial charge in [-0.1, -0.05) is 0 Å². The third kappa shape index (κ3) is 8.54. The third-order valence-electron chi connectivity index (χ3n) is 1.41. The van der Waals surface area contributed by atoms with Crippen LogP contribution in [0.25, 0.3) is 0 Å². The van der Waals surface area contributed by atoms with Gasteiger partial charge in [0.1, 0.15) is 0 Å². The van der Waals surface area contributed by atoms with Crippen LogP contribution in [0.3, 0.4) is 0 Å². The molecule has 0 aromatic rings. The van der Waals surface area contributed by atoms with Crippen molar-refractivity contribution in [1.82, 2.24) is 0 Å². The van der Waals surface area contributed by atoms with Gasteiger partial charge in [0.25, 0.3) is 0 Å². The van der Waals surface area contributed by atoms with Gasteiger partial charge >= 0.3 is 65.5 Å². The second kappa shape index (κ2) is 8.54. The van der Waals surface area contributed by atoms with Crippen LogP contribution in [0.5, 0.6) is 0 Å². The van der Waals surface area contributed by atoms with Crippen LogP contribution in [0.1, 0.15) is 39.5 Å². The van der Waals surface area contributed by atoms with Crippen LogP contribution in [0.2, 0.25) is 10.5 Å². The van der Waals surface area contributed by atoms with Crippen LogP contribution in [0, 0.1) is 0 Å². The molecule has 0 saturated heterocycles. The van der Waals surface area contributed by atoms with Gasteiger partial charge < -0.3 is 0 Å². The van der Waals surface area contributed by atoms with E-state index in [-0.39, 0.29) is 0 Å². The maximum atomic E-state index is 2.28. The fraction of sp³-hybridized carbons (Fsp3) is 1.00. The Hall–Kier alpha value is 0.543. The quantitative estimate of drug-likeness (QED) is 0.442. The standard InChI is InChI=1S/C8H18Ge/c1-3-5-7-9-8-6-4-2/h3-8H2,1-2H3. The average molecular weight is 187 g/mol. The van der Waals surface area contributed by atoms with E-state index >= 15 is 0 Å². The van der Waals surface area contributed by atoms with Gasteiger partial charge in [-0.3, -0.25) is 0 Å². The van der Waals surface area contributed by atoms with Crippen LogP contribution in [-0.4, -0.2) is 15.4 Å². The minimum absolute atomic E-state index is 0.496. The second-order valence-electron chi connectivity index (χ2n) is 2.46. The van der Waals surface area contributed by atoms with Crippen molar-refractivity contribution in [3.63, 3.8) is 0 Å². The molecule has 2 radical (unpaired) electrons. The first-order valence-corrected chi connectivity index (χ1v) is 7.09. The van der Waals surface area contributed by atoms with Crippen molar-refractivity contribution in [2.45, 2.75) is 50.0 Å². The average Bonchev–Trinajstić information content (AvgIpc) is 1.89. The Morgan fingerprint density at radius 2 is 1.33 bits per heavy atom. The number of rotatable bonds is 6. The molecule has 0 atom stereocenters. The molecule has 1 heteroatoms. The molecular formula is C8H18Ge. The van der Waals surface area contributed by atoms with Crippen LogP contribution in [0.15, 0.2) is 0 Å². The summed E-state index contributed by atoms with van der Waals surface area (Å²) >= 11 is 0.496. The summed E-state index contributed by atoms with van der Waals surface area (Å²) in [4.78, 5) is 0. The minimum atomic E-state index is 0.496. The van der Waals surface area contributed by atoms with Crippen molar-refractivity contribution in [3.05, 3.63) is 0 Å². The summed E-state index contributed by atoms with van der Waals surface area (Å²) in [5.74, 6) is 0. The monoisotopic (exact) mass is 188 g/mol. The molecular weight excluding hydrogens is 169 g/mol. The predicted octanol–water partition coefficient (Wildman–Crippen LogP) is 3.13. The maximum absolute atomic E-state index is 2.28. The Balaban J connectivity index is 2.60. The molecule has 0 spiro atoms. The van der Waals surface area contributed by atoms with Crippen molar-refractivity contribution < 1.29 is 0 Å². The molecule has 0 rings (SSSR count). The first-order chi connectivity index (χ1) is 4.41. The van der Waals surface area contributed by atoms with Crippen molar-refractivity contribution >= 4 is 15.4 Å². The Morgan fingerprint density at radius 1 is 0.889 bits per heavy atom. The Bertz CT molecular complexity index is 37.8. The van der Waals surface area contributed by atoms with E-state index in [1.165, 1.54) is 25.7 Å². The van der Waals surface area contributed by atoms with E-state index in [1.807, 2.05) is 0 Å². The summed E-state index contributed by atoms with van der Waals surface area (Å²) in [6.07, 6.45) is 5.78. The van der Waals surface area contributed by atoms with Gasteiger partial charge in [0.2, 0.25) is 0 Å². The Labute approximate surface area is 65.9 Å². The fourth-order valence-electron chi connectivity index (χ4n) is 0.729. The Morgan fingerprint density at radius 3 is 1.67 bits per heavy atom. The van der Waals surface area contributed by atoms with Crippen molar-refractivity contribution in [1.29, 1.82) is 0 Å². The number of hydrogen-bond donors (Lipinski definition) is 0. The molecule has 0 fully saturated rings. The van der Waals surface area contributed by atoms with Gasteiger partial charge in [-0.05, 0) is 0 Å². The molecule has 9 heavy (non-hydrogen) atoms. The molecule has 0 aliphatic rings. The fourth-order valence-corrected chi connectivity index (χ4v) is 3.79. The summed E-state index contributed by atoms with van der Waals surface area (Å²) in [7, 11) is 0. The molecule has 54 valence electrons. The van der Waals surface area contributed by atoms with E-state index in [4.69, 9.17) is 0 Å². The number of unbranched alkanes of at least 4 members (excludes halogenated alkanes) is 2. The van der Waals surface area contributed by atoms with Crippen molar-refractivity contribution in [3.8, 4) is 0 Å². The topological polar surface area (TPSA) is 0 Å². The molecule has 0 heterocycles. The zero-order valence-corrected chi connectivity index (χ0v) is 8.84. The van der Waals surface area contributed by atoms with Crippen LogP contribution in [0.4, 0.5) is 0 Å². The van der Waals surface area contributed by atoms with Gasteiger partial charge in [-0.15, -0.1) is 0 Å². The SMILES string of the molecule is CCC[CH2][Ge][CH2]CCC. The molecule has 0 bridgehead atoms. The van der Waals surface area contributed by atoms with E-state index in [0.29, 0.717) is 15.4 Å². The van der Waals surface area contributed by atoms with Crippen molar-refractivity contribution in [2.75, 3.05) is 0 Å². The molecule has 0 saturated carbocycles. The van der Waals surface area contributed by atoms with E-state index in [2.05, 4.69) is 13.8 Å². The number of hydrogen-bond acceptors (Lipinski definition) is 0. The summed E-state index contributed by atoms with van der Waals surface area (Å²) < 4.78 is 0. The van der Waals surface area contributed by atoms with Gasteiger partial charge in [0, 0.05) is 0 Å². The molecule has 0 N–H and O–H groups in total. The van der Waals surface area contributed by atoms with Crippen LogP contribution in [-0.2, 0) is 0 Å². The predicted molar refractivity (Wildman–Crippen MR) is 45.2 cm³/mol. The molecule has 0 aliphatic heterocycles. The molecule has 0 aromatic heterocycles. The molecule has 0 aliphatic carbocycles. The van der Waals surface area contributed by atoms with E-state index in [9.17, 15) is 0 Å². The first kappa shape index (κ1) is 9.54. The van der Waals surface area contributed by atoms with Gasteiger partial charge in [0.15, 0.2) is 0 Å². The molecule has 0 unspecified atom stereocenters. The van der Waals surface area contributed by atoms with Gasteiger partial charge in [-0.2, -0.15) is 0 Å². The zero-order valence-electron chi connectivity index (χ0n) is 6.74. The summed E-state index contributed by atoms with van der Waals surface area (Å²) in [6.45, 7) is 4.57.